The summed E-state index contributed by atoms with van der Waals surface area (Å²) in [6.07, 6.45) is 1.43. The van der Waals surface area contributed by atoms with E-state index in [4.69, 9.17) is 4.74 Å². The SMILES string of the molecule is CCC(OC(C)C)SSC(C)C. The minimum atomic E-state index is 0.343. The highest BCUT2D eigenvalue weighted by Crippen LogP contribution is 2.33. The second kappa shape index (κ2) is 7.10. The van der Waals surface area contributed by atoms with Crippen LogP contribution < -0.4 is 0 Å². The van der Waals surface area contributed by atoms with Crippen molar-refractivity contribution in [3.8, 4) is 0 Å². The molecule has 0 N–H and O–H groups in total. The summed E-state index contributed by atoms with van der Waals surface area (Å²) in [5.41, 5.74) is 0.359. The van der Waals surface area contributed by atoms with E-state index in [1.54, 1.807) is 0 Å². The lowest BCUT2D eigenvalue weighted by atomic mass is 10.4. The molecular weight excluding hydrogens is 188 g/mol. The summed E-state index contributed by atoms with van der Waals surface area (Å²) in [7, 11) is 3.75. The van der Waals surface area contributed by atoms with Crippen LogP contribution in [0, 0.1) is 0 Å². The molecule has 0 saturated carbocycles. The van der Waals surface area contributed by atoms with Crippen molar-refractivity contribution in [1.29, 1.82) is 0 Å². The normalized spacial score (nSPS) is 14.2. The Kier molecular flexibility index (Phi) is 7.49. The van der Waals surface area contributed by atoms with Gasteiger partial charge in [0.1, 0.15) is 5.44 Å². The molecule has 12 heavy (non-hydrogen) atoms. The highest BCUT2D eigenvalue weighted by Gasteiger charge is 2.10. The van der Waals surface area contributed by atoms with Crippen LogP contribution in [-0.2, 0) is 4.74 Å². The number of hydrogen-bond donors (Lipinski definition) is 0. The summed E-state index contributed by atoms with van der Waals surface area (Å²) in [5.74, 6) is 0. The minimum absolute atomic E-state index is 0.343. The molecule has 0 amide bonds. The van der Waals surface area contributed by atoms with Gasteiger partial charge in [-0.25, -0.2) is 0 Å². The topological polar surface area (TPSA) is 9.23 Å². The molecule has 0 rings (SSSR count). The zero-order valence-electron chi connectivity index (χ0n) is 8.66. The molecule has 74 valence electrons. The summed E-state index contributed by atoms with van der Waals surface area (Å²) in [6.45, 7) is 10.8. The molecule has 1 unspecified atom stereocenters. The van der Waals surface area contributed by atoms with Gasteiger partial charge in [0, 0.05) is 5.25 Å². The summed E-state index contributed by atoms with van der Waals surface area (Å²) in [6, 6.07) is 0. The summed E-state index contributed by atoms with van der Waals surface area (Å²) < 4.78 is 5.69. The fraction of sp³-hybridized carbons (Fsp3) is 1.00. The van der Waals surface area contributed by atoms with Crippen LogP contribution >= 0.6 is 21.6 Å². The maximum absolute atomic E-state index is 5.69. The fourth-order valence-electron chi connectivity index (χ4n) is 0.664. The number of hydrogen-bond acceptors (Lipinski definition) is 3. The lowest BCUT2D eigenvalue weighted by molar-refractivity contribution is 0.0585. The predicted octanol–water partition coefficient (Wildman–Crippen LogP) is 3.94. The monoisotopic (exact) mass is 208 g/mol. The zero-order chi connectivity index (χ0) is 9.56. The Morgan fingerprint density at radius 2 is 1.67 bits per heavy atom. The van der Waals surface area contributed by atoms with Crippen LogP contribution in [0.1, 0.15) is 41.0 Å². The first-order valence-corrected chi connectivity index (χ1v) is 6.81. The van der Waals surface area contributed by atoms with E-state index < -0.39 is 0 Å². The Balaban J connectivity index is 3.53. The molecule has 1 atom stereocenters. The third-order valence-electron chi connectivity index (χ3n) is 1.11. The van der Waals surface area contributed by atoms with Gasteiger partial charge in [-0.05, 0) is 20.3 Å². The van der Waals surface area contributed by atoms with Crippen LogP contribution in [0.3, 0.4) is 0 Å². The van der Waals surface area contributed by atoms with Gasteiger partial charge in [0.25, 0.3) is 0 Å². The van der Waals surface area contributed by atoms with E-state index in [-0.39, 0.29) is 0 Å². The average Bonchev–Trinajstić information content (AvgIpc) is 1.97. The molecule has 0 radical (unpaired) electrons. The molecule has 0 bridgehead atoms. The van der Waals surface area contributed by atoms with Gasteiger partial charge in [-0.1, -0.05) is 42.4 Å². The van der Waals surface area contributed by atoms with Crippen LogP contribution in [0.15, 0.2) is 0 Å². The molecule has 1 nitrogen and oxygen atoms in total. The van der Waals surface area contributed by atoms with Gasteiger partial charge < -0.3 is 4.74 Å². The van der Waals surface area contributed by atoms with Crippen LogP contribution in [0.25, 0.3) is 0 Å². The molecule has 0 aliphatic carbocycles. The molecule has 0 aliphatic heterocycles. The quantitative estimate of drug-likeness (QED) is 0.483. The Hall–Kier alpha value is 0.660. The smallest absolute Gasteiger partial charge is 0.113 e. The summed E-state index contributed by atoms with van der Waals surface area (Å²) in [5, 5.41) is 0.680. The molecule has 0 aromatic heterocycles. The van der Waals surface area contributed by atoms with E-state index in [0.29, 0.717) is 16.8 Å². The summed E-state index contributed by atoms with van der Waals surface area (Å²) >= 11 is 0. The van der Waals surface area contributed by atoms with Gasteiger partial charge in [-0.2, -0.15) is 0 Å². The van der Waals surface area contributed by atoms with Crippen molar-refractivity contribution >= 4 is 21.6 Å². The molecule has 0 aromatic rings. The van der Waals surface area contributed by atoms with Crippen LogP contribution in [-0.4, -0.2) is 16.8 Å². The third kappa shape index (κ3) is 7.32. The van der Waals surface area contributed by atoms with Gasteiger partial charge in [0.2, 0.25) is 0 Å². The second-order valence-electron chi connectivity index (χ2n) is 3.26. The van der Waals surface area contributed by atoms with Crippen molar-refractivity contribution in [3.63, 3.8) is 0 Å². The maximum atomic E-state index is 5.69. The number of rotatable bonds is 6. The van der Waals surface area contributed by atoms with Gasteiger partial charge in [0.05, 0.1) is 6.10 Å². The molecule has 0 aromatic carbocycles. The highest BCUT2D eigenvalue weighted by atomic mass is 33.1. The Labute approximate surface area is 84.4 Å². The van der Waals surface area contributed by atoms with Gasteiger partial charge in [-0.3, -0.25) is 0 Å². The molecule has 0 aliphatic rings. The molecule has 0 saturated heterocycles. The van der Waals surface area contributed by atoms with Crippen molar-refractivity contribution in [1.82, 2.24) is 0 Å². The molecule has 0 spiro atoms. The van der Waals surface area contributed by atoms with Crippen LogP contribution in [0.5, 0.6) is 0 Å². The van der Waals surface area contributed by atoms with Crippen molar-refractivity contribution in [2.45, 2.75) is 57.8 Å². The molecular formula is C9H20OS2. The fourth-order valence-corrected chi connectivity index (χ4v) is 3.00. The molecule has 0 fully saturated rings. The van der Waals surface area contributed by atoms with Gasteiger partial charge >= 0.3 is 0 Å². The van der Waals surface area contributed by atoms with Crippen molar-refractivity contribution in [3.05, 3.63) is 0 Å². The first kappa shape index (κ1) is 12.7. The largest absolute Gasteiger partial charge is 0.364 e. The summed E-state index contributed by atoms with van der Waals surface area (Å²) in [4.78, 5) is 0. The van der Waals surface area contributed by atoms with E-state index in [1.807, 2.05) is 21.6 Å². The first-order chi connectivity index (χ1) is 5.56. The van der Waals surface area contributed by atoms with Gasteiger partial charge in [0.15, 0.2) is 0 Å². The predicted molar refractivity (Wildman–Crippen MR) is 60.6 cm³/mol. The van der Waals surface area contributed by atoms with Crippen molar-refractivity contribution in [2.75, 3.05) is 0 Å². The van der Waals surface area contributed by atoms with E-state index in [9.17, 15) is 0 Å². The van der Waals surface area contributed by atoms with Crippen molar-refractivity contribution in [2.24, 2.45) is 0 Å². The van der Waals surface area contributed by atoms with E-state index in [2.05, 4.69) is 34.6 Å². The third-order valence-corrected chi connectivity index (χ3v) is 4.40. The Bertz CT molecular complexity index is 105. The second-order valence-corrected chi connectivity index (χ2v) is 6.27. The molecule has 3 heteroatoms. The van der Waals surface area contributed by atoms with Gasteiger partial charge in [-0.15, -0.1) is 0 Å². The standard InChI is InChI=1S/C9H20OS2/c1-6-9(10-7(2)3)12-11-8(4)5/h7-9H,6H2,1-5H3. The lowest BCUT2D eigenvalue weighted by Gasteiger charge is -2.18. The van der Waals surface area contributed by atoms with Crippen LogP contribution in [0.2, 0.25) is 0 Å². The van der Waals surface area contributed by atoms with E-state index in [0.717, 1.165) is 6.42 Å². The highest BCUT2D eigenvalue weighted by molar-refractivity contribution is 8.77. The Morgan fingerprint density at radius 1 is 1.08 bits per heavy atom. The average molecular weight is 208 g/mol. The van der Waals surface area contributed by atoms with E-state index in [1.165, 1.54) is 0 Å². The maximum Gasteiger partial charge on any atom is 0.113 e. The first-order valence-electron chi connectivity index (χ1n) is 4.53. The zero-order valence-corrected chi connectivity index (χ0v) is 10.3. The van der Waals surface area contributed by atoms with Crippen LogP contribution in [0.4, 0.5) is 0 Å². The van der Waals surface area contributed by atoms with E-state index >= 15 is 0 Å². The molecule has 0 heterocycles. The Morgan fingerprint density at radius 3 is 2.00 bits per heavy atom. The number of ether oxygens (including phenoxy) is 1. The minimum Gasteiger partial charge on any atom is -0.364 e. The lowest BCUT2D eigenvalue weighted by Crippen LogP contribution is -2.12. The van der Waals surface area contributed by atoms with Crippen molar-refractivity contribution < 1.29 is 4.74 Å².